The number of fused-ring (bicyclic) bond motifs is 1. The Labute approximate surface area is 134 Å². The van der Waals surface area contributed by atoms with Crippen LogP contribution in [-0.2, 0) is 11.3 Å². The molecule has 1 fully saturated rings. The number of aliphatic hydroxyl groups excluding tert-OH is 1. The number of nitrogens with zero attached hydrogens (tertiary/aromatic N) is 4. The predicted octanol–water partition coefficient (Wildman–Crippen LogP) is 0.557. The number of para-hydroxylation sites is 1. The van der Waals surface area contributed by atoms with Crippen LogP contribution in [-0.4, -0.2) is 61.3 Å². The minimum Gasteiger partial charge on any atom is -0.393 e. The largest absolute Gasteiger partial charge is 0.393 e. The van der Waals surface area contributed by atoms with E-state index in [4.69, 9.17) is 0 Å². The molecular formula is C16H22N4O3. The average Bonchev–Trinajstić information content (AvgIpc) is 2.88. The SMILES string of the molecule is O=C(CCn1nnc2ccccc21)N1CCC[C@](O)(CO)CC1. The Morgan fingerprint density at radius 2 is 2.09 bits per heavy atom. The molecule has 2 heterocycles. The van der Waals surface area contributed by atoms with Gasteiger partial charge in [0.25, 0.3) is 0 Å². The summed E-state index contributed by atoms with van der Waals surface area (Å²) in [5.74, 6) is 0.0479. The van der Waals surface area contributed by atoms with Crippen molar-refractivity contribution in [2.75, 3.05) is 19.7 Å². The van der Waals surface area contributed by atoms with Crippen molar-refractivity contribution < 1.29 is 15.0 Å². The smallest absolute Gasteiger partial charge is 0.224 e. The number of aliphatic hydroxyl groups is 2. The lowest BCUT2D eigenvalue weighted by Crippen LogP contribution is -2.36. The summed E-state index contributed by atoms with van der Waals surface area (Å²) in [4.78, 5) is 14.2. The van der Waals surface area contributed by atoms with Crippen LogP contribution in [0.15, 0.2) is 24.3 Å². The molecule has 1 saturated heterocycles. The molecule has 0 spiro atoms. The van der Waals surface area contributed by atoms with Crippen LogP contribution < -0.4 is 0 Å². The van der Waals surface area contributed by atoms with Crippen LogP contribution >= 0.6 is 0 Å². The molecule has 2 N–H and O–H groups in total. The highest BCUT2D eigenvalue weighted by Gasteiger charge is 2.30. The van der Waals surface area contributed by atoms with Gasteiger partial charge in [-0.3, -0.25) is 4.79 Å². The van der Waals surface area contributed by atoms with Crippen LogP contribution in [0.5, 0.6) is 0 Å². The van der Waals surface area contributed by atoms with Gasteiger partial charge >= 0.3 is 0 Å². The number of likely N-dealkylation sites (tertiary alicyclic amines) is 1. The van der Waals surface area contributed by atoms with Crippen molar-refractivity contribution in [2.45, 2.75) is 37.8 Å². The molecular weight excluding hydrogens is 296 g/mol. The molecule has 1 aliphatic heterocycles. The zero-order valence-corrected chi connectivity index (χ0v) is 13.1. The molecule has 124 valence electrons. The molecule has 23 heavy (non-hydrogen) atoms. The van der Waals surface area contributed by atoms with Gasteiger partial charge in [0.05, 0.1) is 24.3 Å². The number of amides is 1. The number of carbonyl (C=O) groups excluding carboxylic acids is 1. The van der Waals surface area contributed by atoms with Gasteiger partial charge in [-0.25, -0.2) is 4.68 Å². The average molecular weight is 318 g/mol. The summed E-state index contributed by atoms with van der Waals surface area (Å²) in [5, 5.41) is 27.6. The van der Waals surface area contributed by atoms with Crippen LogP contribution in [0.1, 0.15) is 25.7 Å². The summed E-state index contributed by atoms with van der Waals surface area (Å²) in [6.07, 6.45) is 2.00. The summed E-state index contributed by atoms with van der Waals surface area (Å²) >= 11 is 0. The Morgan fingerprint density at radius 3 is 2.91 bits per heavy atom. The van der Waals surface area contributed by atoms with E-state index in [0.29, 0.717) is 45.3 Å². The fourth-order valence-electron chi connectivity index (χ4n) is 3.03. The van der Waals surface area contributed by atoms with Crippen molar-refractivity contribution in [3.05, 3.63) is 24.3 Å². The Morgan fingerprint density at radius 1 is 1.26 bits per heavy atom. The maximum Gasteiger partial charge on any atom is 0.224 e. The van der Waals surface area contributed by atoms with E-state index in [1.807, 2.05) is 24.3 Å². The van der Waals surface area contributed by atoms with Crippen LogP contribution in [0, 0.1) is 0 Å². The first-order valence-corrected chi connectivity index (χ1v) is 8.01. The van der Waals surface area contributed by atoms with E-state index in [1.54, 1.807) is 9.58 Å². The molecule has 0 aliphatic carbocycles. The maximum atomic E-state index is 12.4. The quantitative estimate of drug-likeness (QED) is 0.859. The molecule has 0 saturated carbocycles. The van der Waals surface area contributed by atoms with Gasteiger partial charge in [-0.15, -0.1) is 5.10 Å². The van der Waals surface area contributed by atoms with E-state index in [9.17, 15) is 15.0 Å². The van der Waals surface area contributed by atoms with Gasteiger partial charge in [-0.05, 0) is 31.4 Å². The van der Waals surface area contributed by atoms with Crippen molar-refractivity contribution in [3.8, 4) is 0 Å². The zero-order chi connectivity index (χ0) is 16.3. The third-order valence-corrected chi connectivity index (χ3v) is 4.52. The van der Waals surface area contributed by atoms with Crippen LogP contribution in [0.2, 0.25) is 0 Å². The highest BCUT2D eigenvalue weighted by atomic mass is 16.3. The monoisotopic (exact) mass is 318 g/mol. The Balaban J connectivity index is 1.59. The molecule has 1 aromatic carbocycles. The summed E-state index contributed by atoms with van der Waals surface area (Å²) in [7, 11) is 0. The van der Waals surface area contributed by atoms with E-state index >= 15 is 0 Å². The molecule has 7 nitrogen and oxygen atoms in total. The highest BCUT2D eigenvalue weighted by molar-refractivity contribution is 5.77. The second kappa shape index (κ2) is 6.64. The summed E-state index contributed by atoms with van der Waals surface area (Å²) < 4.78 is 1.75. The van der Waals surface area contributed by atoms with Crippen molar-refractivity contribution in [1.82, 2.24) is 19.9 Å². The number of hydrogen-bond acceptors (Lipinski definition) is 5. The molecule has 7 heteroatoms. The maximum absolute atomic E-state index is 12.4. The molecule has 1 aliphatic rings. The molecule has 1 amide bonds. The fraction of sp³-hybridized carbons (Fsp3) is 0.562. The lowest BCUT2D eigenvalue weighted by Gasteiger charge is -2.24. The second-order valence-corrected chi connectivity index (χ2v) is 6.17. The van der Waals surface area contributed by atoms with Crippen molar-refractivity contribution in [1.29, 1.82) is 0 Å². The molecule has 2 aromatic rings. The number of benzene rings is 1. The topological polar surface area (TPSA) is 91.5 Å². The molecule has 3 rings (SSSR count). The number of aromatic nitrogens is 3. The Kier molecular flexibility index (Phi) is 4.58. The normalized spacial score (nSPS) is 22.3. The first-order valence-electron chi connectivity index (χ1n) is 8.01. The van der Waals surface area contributed by atoms with Gasteiger partial charge in [0.2, 0.25) is 5.91 Å². The van der Waals surface area contributed by atoms with Crippen molar-refractivity contribution >= 4 is 16.9 Å². The van der Waals surface area contributed by atoms with E-state index in [-0.39, 0.29) is 12.5 Å². The van der Waals surface area contributed by atoms with Gasteiger partial charge in [-0.2, -0.15) is 0 Å². The summed E-state index contributed by atoms with van der Waals surface area (Å²) in [6.45, 7) is 1.34. The minimum atomic E-state index is -1.04. The number of hydrogen-bond donors (Lipinski definition) is 2. The lowest BCUT2D eigenvalue weighted by atomic mass is 9.96. The van der Waals surface area contributed by atoms with Crippen LogP contribution in [0.3, 0.4) is 0 Å². The van der Waals surface area contributed by atoms with Crippen molar-refractivity contribution in [2.24, 2.45) is 0 Å². The highest BCUT2D eigenvalue weighted by Crippen LogP contribution is 2.22. The molecule has 1 atom stereocenters. The lowest BCUT2D eigenvalue weighted by molar-refractivity contribution is -0.131. The van der Waals surface area contributed by atoms with Gasteiger partial charge in [0.15, 0.2) is 0 Å². The Bertz CT molecular complexity index is 687. The first-order chi connectivity index (χ1) is 11.1. The first kappa shape index (κ1) is 15.9. The third kappa shape index (κ3) is 3.51. The number of aryl methyl sites for hydroxylation is 1. The van der Waals surface area contributed by atoms with E-state index < -0.39 is 5.60 Å². The third-order valence-electron chi connectivity index (χ3n) is 4.52. The zero-order valence-electron chi connectivity index (χ0n) is 13.1. The molecule has 0 unspecified atom stereocenters. The van der Waals surface area contributed by atoms with E-state index in [1.165, 1.54) is 0 Å². The van der Waals surface area contributed by atoms with Gasteiger partial charge in [0.1, 0.15) is 5.52 Å². The van der Waals surface area contributed by atoms with Gasteiger partial charge in [-0.1, -0.05) is 17.3 Å². The van der Waals surface area contributed by atoms with E-state index in [2.05, 4.69) is 10.3 Å². The number of rotatable bonds is 4. The van der Waals surface area contributed by atoms with Gasteiger partial charge in [0, 0.05) is 19.5 Å². The minimum absolute atomic E-state index is 0.0479. The van der Waals surface area contributed by atoms with Gasteiger partial charge < -0.3 is 15.1 Å². The number of carbonyl (C=O) groups is 1. The van der Waals surface area contributed by atoms with Crippen molar-refractivity contribution in [3.63, 3.8) is 0 Å². The standard InChI is InChI=1S/C16H22N4O3/c21-12-16(23)7-3-9-19(11-8-16)15(22)6-10-20-14-5-2-1-4-13(14)17-18-20/h1-2,4-5,21,23H,3,6-12H2/t16-/m1/s1. The fourth-order valence-corrected chi connectivity index (χ4v) is 3.03. The molecule has 0 bridgehead atoms. The Hall–Kier alpha value is -1.99. The molecule has 0 radical (unpaired) electrons. The predicted molar refractivity (Wildman–Crippen MR) is 84.6 cm³/mol. The summed E-state index contributed by atoms with van der Waals surface area (Å²) in [6, 6.07) is 7.67. The van der Waals surface area contributed by atoms with E-state index in [0.717, 1.165) is 11.0 Å². The second-order valence-electron chi connectivity index (χ2n) is 6.17. The summed E-state index contributed by atoms with van der Waals surface area (Å²) in [5.41, 5.74) is 0.700. The molecule has 1 aromatic heterocycles. The van der Waals surface area contributed by atoms with Crippen LogP contribution in [0.25, 0.3) is 11.0 Å². The van der Waals surface area contributed by atoms with Crippen LogP contribution in [0.4, 0.5) is 0 Å².